The molecule has 0 fully saturated rings. The number of pyridine rings is 1. The largest absolute Gasteiger partial charge is 0.433 e. The van der Waals surface area contributed by atoms with Crippen molar-refractivity contribution in [2.24, 2.45) is 0 Å². The standard InChI is InChI=1S/C19H17F3N8/c1-18(2,13-4-3-5-14(25-13)19(20,21)22)29-17-27-15(26-16(23)28-17)10-6-7-11-9-24-30-12(11)8-10/h3-9H,1-2H3,(H,24,30)(H3,23,26,27,28,29). The van der Waals surface area contributed by atoms with Crippen LogP contribution < -0.4 is 11.1 Å². The number of H-pyrrole nitrogens is 1. The molecule has 0 bridgehead atoms. The molecule has 4 rings (SSSR count). The molecule has 0 atom stereocenters. The Morgan fingerprint density at radius 2 is 1.73 bits per heavy atom. The molecule has 1 aromatic carbocycles. The normalized spacial score (nSPS) is 12.3. The van der Waals surface area contributed by atoms with E-state index in [1.165, 1.54) is 12.1 Å². The molecule has 0 radical (unpaired) electrons. The number of benzene rings is 1. The number of aromatic amines is 1. The third-order valence-corrected chi connectivity index (χ3v) is 4.46. The summed E-state index contributed by atoms with van der Waals surface area (Å²) in [5, 5.41) is 10.8. The Morgan fingerprint density at radius 1 is 0.967 bits per heavy atom. The Balaban J connectivity index is 1.67. The van der Waals surface area contributed by atoms with Crippen LogP contribution in [0.4, 0.5) is 25.1 Å². The minimum atomic E-state index is -4.54. The highest BCUT2D eigenvalue weighted by molar-refractivity contribution is 5.82. The van der Waals surface area contributed by atoms with Gasteiger partial charge in [-0.25, -0.2) is 4.98 Å². The second-order valence-electron chi connectivity index (χ2n) is 7.17. The van der Waals surface area contributed by atoms with Crippen molar-refractivity contribution in [3.63, 3.8) is 0 Å². The number of hydrogen-bond acceptors (Lipinski definition) is 7. The lowest BCUT2D eigenvalue weighted by Gasteiger charge is -2.26. The van der Waals surface area contributed by atoms with Crippen LogP contribution in [0.25, 0.3) is 22.3 Å². The van der Waals surface area contributed by atoms with Gasteiger partial charge in [-0.1, -0.05) is 18.2 Å². The second kappa shape index (κ2) is 6.94. The molecule has 11 heteroatoms. The molecule has 8 nitrogen and oxygen atoms in total. The van der Waals surface area contributed by atoms with Crippen molar-refractivity contribution >= 4 is 22.8 Å². The Bertz CT molecular complexity index is 1220. The summed E-state index contributed by atoms with van der Waals surface area (Å²) in [6.07, 6.45) is -2.85. The van der Waals surface area contributed by atoms with E-state index in [1.807, 2.05) is 18.2 Å². The zero-order chi connectivity index (χ0) is 21.5. The maximum atomic E-state index is 13.0. The lowest BCUT2D eigenvalue weighted by Crippen LogP contribution is -2.31. The van der Waals surface area contributed by atoms with Crippen LogP contribution in [0.3, 0.4) is 0 Å². The lowest BCUT2D eigenvalue weighted by atomic mass is 10.00. The van der Waals surface area contributed by atoms with Gasteiger partial charge in [0.15, 0.2) is 5.82 Å². The average Bonchev–Trinajstić information content (AvgIpc) is 3.14. The number of anilines is 2. The zero-order valence-corrected chi connectivity index (χ0v) is 16.0. The number of fused-ring (bicyclic) bond motifs is 1. The molecule has 0 saturated carbocycles. The number of hydrogen-bond donors (Lipinski definition) is 3. The van der Waals surface area contributed by atoms with Gasteiger partial charge in [-0.3, -0.25) is 5.10 Å². The predicted molar refractivity (Wildman–Crippen MR) is 105 cm³/mol. The summed E-state index contributed by atoms with van der Waals surface area (Å²) in [5.74, 6) is 0.403. The Hall–Kier alpha value is -3.76. The molecule has 154 valence electrons. The van der Waals surface area contributed by atoms with Crippen molar-refractivity contribution in [1.82, 2.24) is 30.1 Å². The van der Waals surface area contributed by atoms with E-state index in [1.54, 1.807) is 20.0 Å². The van der Waals surface area contributed by atoms with Gasteiger partial charge < -0.3 is 11.1 Å². The number of aromatic nitrogens is 6. The summed E-state index contributed by atoms with van der Waals surface area (Å²) >= 11 is 0. The van der Waals surface area contributed by atoms with E-state index in [4.69, 9.17) is 5.73 Å². The van der Waals surface area contributed by atoms with Crippen molar-refractivity contribution in [2.75, 3.05) is 11.1 Å². The summed E-state index contributed by atoms with van der Waals surface area (Å²) in [6, 6.07) is 9.22. The highest BCUT2D eigenvalue weighted by Gasteiger charge is 2.34. The van der Waals surface area contributed by atoms with E-state index in [9.17, 15) is 13.2 Å². The lowest BCUT2D eigenvalue weighted by molar-refractivity contribution is -0.141. The van der Waals surface area contributed by atoms with E-state index < -0.39 is 17.4 Å². The van der Waals surface area contributed by atoms with Gasteiger partial charge in [-0.05, 0) is 32.0 Å². The molecule has 0 saturated heterocycles. The Kier molecular flexibility index (Phi) is 4.52. The molecular formula is C19H17F3N8. The molecule has 0 spiro atoms. The van der Waals surface area contributed by atoms with E-state index >= 15 is 0 Å². The van der Waals surface area contributed by atoms with Crippen LogP contribution in [0.5, 0.6) is 0 Å². The monoisotopic (exact) mass is 414 g/mol. The third kappa shape index (κ3) is 3.86. The minimum Gasteiger partial charge on any atom is -0.368 e. The molecule has 3 aromatic heterocycles. The quantitative estimate of drug-likeness (QED) is 0.465. The van der Waals surface area contributed by atoms with Crippen LogP contribution in [-0.2, 0) is 11.7 Å². The van der Waals surface area contributed by atoms with E-state index in [0.29, 0.717) is 11.4 Å². The highest BCUT2D eigenvalue weighted by Crippen LogP contribution is 2.30. The van der Waals surface area contributed by atoms with E-state index in [0.717, 1.165) is 17.0 Å². The highest BCUT2D eigenvalue weighted by atomic mass is 19.4. The molecule has 0 aliphatic heterocycles. The molecule has 4 aromatic rings. The topological polar surface area (TPSA) is 118 Å². The number of rotatable bonds is 4. The fourth-order valence-electron chi connectivity index (χ4n) is 2.94. The van der Waals surface area contributed by atoms with Crippen LogP contribution in [0.1, 0.15) is 25.2 Å². The fourth-order valence-corrected chi connectivity index (χ4v) is 2.94. The molecule has 0 aliphatic carbocycles. The molecular weight excluding hydrogens is 397 g/mol. The Morgan fingerprint density at radius 3 is 2.50 bits per heavy atom. The fraction of sp³-hybridized carbons (Fsp3) is 0.211. The first-order valence-electron chi connectivity index (χ1n) is 8.90. The summed E-state index contributed by atoms with van der Waals surface area (Å²) in [7, 11) is 0. The number of nitrogens with one attached hydrogen (secondary N) is 2. The summed E-state index contributed by atoms with van der Waals surface area (Å²) in [6.45, 7) is 3.34. The maximum absolute atomic E-state index is 13.0. The minimum absolute atomic E-state index is 0.0278. The zero-order valence-electron chi connectivity index (χ0n) is 16.0. The van der Waals surface area contributed by atoms with Crippen LogP contribution in [0.2, 0.25) is 0 Å². The molecule has 0 amide bonds. The van der Waals surface area contributed by atoms with Gasteiger partial charge in [0.05, 0.1) is 22.9 Å². The number of alkyl halides is 3. The van der Waals surface area contributed by atoms with Crippen LogP contribution in [0.15, 0.2) is 42.6 Å². The first-order chi connectivity index (χ1) is 14.1. The van der Waals surface area contributed by atoms with E-state index in [2.05, 4.69) is 35.5 Å². The van der Waals surface area contributed by atoms with Crippen molar-refractivity contribution in [3.8, 4) is 11.4 Å². The molecule has 0 aliphatic rings. The molecule has 3 heterocycles. The first kappa shape index (κ1) is 19.6. The van der Waals surface area contributed by atoms with Gasteiger partial charge in [-0.2, -0.15) is 33.2 Å². The smallest absolute Gasteiger partial charge is 0.368 e. The van der Waals surface area contributed by atoms with Gasteiger partial charge in [0.25, 0.3) is 0 Å². The van der Waals surface area contributed by atoms with Gasteiger partial charge in [0, 0.05) is 10.9 Å². The van der Waals surface area contributed by atoms with Crippen LogP contribution >= 0.6 is 0 Å². The number of halogens is 3. The van der Waals surface area contributed by atoms with Gasteiger partial charge >= 0.3 is 6.18 Å². The van der Waals surface area contributed by atoms with Crippen molar-refractivity contribution in [1.29, 1.82) is 0 Å². The maximum Gasteiger partial charge on any atom is 0.433 e. The SMILES string of the molecule is CC(C)(Nc1nc(N)nc(-c2ccc3cn[nH]c3c2)n1)c1cccc(C(F)(F)F)n1. The number of nitrogens with zero attached hydrogens (tertiary/aromatic N) is 5. The summed E-state index contributed by atoms with van der Waals surface area (Å²) in [5.41, 5.74) is 5.51. The van der Waals surface area contributed by atoms with E-state index in [-0.39, 0.29) is 17.6 Å². The van der Waals surface area contributed by atoms with Crippen molar-refractivity contribution in [3.05, 3.63) is 54.0 Å². The van der Waals surface area contributed by atoms with Crippen molar-refractivity contribution < 1.29 is 13.2 Å². The molecule has 30 heavy (non-hydrogen) atoms. The predicted octanol–water partition coefficient (Wildman–Crippen LogP) is 3.76. The average molecular weight is 414 g/mol. The molecule has 4 N–H and O–H groups in total. The van der Waals surface area contributed by atoms with Crippen LogP contribution in [0, 0.1) is 0 Å². The van der Waals surface area contributed by atoms with Gasteiger partial charge in [-0.15, -0.1) is 0 Å². The molecule has 0 unspecified atom stereocenters. The van der Waals surface area contributed by atoms with Crippen molar-refractivity contribution in [2.45, 2.75) is 25.6 Å². The summed E-state index contributed by atoms with van der Waals surface area (Å²) in [4.78, 5) is 16.4. The Labute approximate surface area is 168 Å². The van der Waals surface area contributed by atoms with Gasteiger partial charge in [0.1, 0.15) is 5.69 Å². The number of nitrogen functional groups attached to an aromatic ring is 1. The number of nitrogens with two attached hydrogens (primary N) is 1. The second-order valence-corrected chi connectivity index (χ2v) is 7.17. The van der Waals surface area contributed by atoms with Gasteiger partial charge in [0.2, 0.25) is 11.9 Å². The summed E-state index contributed by atoms with van der Waals surface area (Å²) < 4.78 is 39.1. The van der Waals surface area contributed by atoms with Crippen LogP contribution in [-0.4, -0.2) is 30.1 Å². The first-order valence-corrected chi connectivity index (χ1v) is 8.90. The third-order valence-electron chi connectivity index (χ3n) is 4.46.